The van der Waals surface area contributed by atoms with Crippen molar-refractivity contribution >= 4 is 0 Å². The van der Waals surface area contributed by atoms with Gasteiger partial charge >= 0.3 is 0 Å². The molecule has 0 bridgehead atoms. The first-order valence-electron chi connectivity index (χ1n) is 10.3. The van der Waals surface area contributed by atoms with Crippen molar-refractivity contribution in [2.24, 2.45) is 7.05 Å². The van der Waals surface area contributed by atoms with E-state index in [1.165, 1.54) is 33.5 Å². The number of aromatic nitrogens is 1. The fraction of sp³-hybridized carbons (Fsp3) is 0.560. The third-order valence-corrected chi connectivity index (χ3v) is 6.57. The van der Waals surface area contributed by atoms with Crippen LogP contribution in [0.2, 0.25) is 0 Å². The number of aryl methyl sites for hydroxylation is 3. The van der Waals surface area contributed by atoms with Gasteiger partial charge in [0.25, 0.3) is 0 Å². The molecule has 3 heteroatoms. The van der Waals surface area contributed by atoms with Gasteiger partial charge in [-0.3, -0.25) is 0 Å². The highest BCUT2D eigenvalue weighted by molar-refractivity contribution is 5.63. The zero-order valence-corrected chi connectivity index (χ0v) is 18.4. The van der Waals surface area contributed by atoms with Crippen LogP contribution in [0.15, 0.2) is 30.5 Å². The monoisotopic (exact) mass is 386 g/mol. The molecule has 1 saturated carbocycles. The van der Waals surface area contributed by atoms with Crippen LogP contribution in [0.25, 0.3) is 11.3 Å². The first kappa shape index (κ1) is 21.0. The highest BCUT2D eigenvalue weighted by atomic mass is 19.3. The number of benzene rings is 1. The summed E-state index contributed by atoms with van der Waals surface area (Å²) >= 11 is 0. The standard InChI is InChI=1S/C25H34F2N/c1-17-14-19(24(6)10-12-25(26,27)13-11-24)8-9-20(17)22-15-18(2)21(16-28(22)7)23(3,4)5/h8-9,14-16H,10-13H2,1-7H3/q+1. The van der Waals surface area contributed by atoms with Crippen molar-refractivity contribution in [2.45, 2.75) is 84.0 Å². The Bertz CT molecular complexity index is 880. The highest BCUT2D eigenvalue weighted by Crippen LogP contribution is 2.45. The fourth-order valence-corrected chi connectivity index (χ4v) is 4.59. The maximum atomic E-state index is 13.6. The quantitative estimate of drug-likeness (QED) is 0.515. The molecule has 1 nitrogen and oxygen atoms in total. The van der Waals surface area contributed by atoms with Crippen LogP contribution >= 0.6 is 0 Å². The van der Waals surface area contributed by atoms with E-state index in [1.807, 2.05) is 0 Å². The highest BCUT2D eigenvalue weighted by Gasteiger charge is 2.41. The van der Waals surface area contributed by atoms with Crippen LogP contribution in [0.1, 0.15) is 75.6 Å². The van der Waals surface area contributed by atoms with Crippen LogP contribution in [0.5, 0.6) is 0 Å². The maximum Gasteiger partial charge on any atom is 0.248 e. The largest absolute Gasteiger partial charge is 0.248 e. The number of pyridine rings is 1. The molecule has 0 saturated heterocycles. The normalized spacial score (nSPS) is 18.9. The molecule has 0 radical (unpaired) electrons. The lowest BCUT2D eigenvalue weighted by Gasteiger charge is -2.38. The van der Waals surface area contributed by atoms with E-state index in [-0.39, 0.29) is 23.7 Å². The van der Waals surface area contributed by atoms with E-state index in [1.54, 1.807) is 0 Å². The second kappa shape index (κ2) is 6.93. The Labute approximate surface area is 168 Å². The summed E-state index contributed by atoms with van der Waals surface area (Å²) in [7, 11) is 2.10. The molecule has 0 N–H and O–H groups in total. The molecule has 152 valence electrons. The number of nitrogens with zero attached hydrogens (tertiary/aromatic N) is 1. The molecule has 28 heavy (non-hydrogen) atoms. The van der Waals surface area contributed by atoms with E-state index in [9.17, 15) is 8.78 Å². The van der Waals surface area contributed by atoms with Gasteiger partial charge in [0.15, 0.2) is 6.20 Å². The second-order valence-electron chi connectivity index (χ2n) is 10.1. The van der Waals surface area contributed by atoms with Crippen LogP contribution in [-0.2, 0) is 17.9 Å². The molecule has 0 unspecified atom stereocenters. The van der Waals surface area contributed by atoms with Crippen molar-refractivity contribution in [1.29, 1.82) is 0 Å². The average molecular weight is 387 g/mol. The summed E-state index contributed by atoms with van der Waals surface area (Å²) < 4.78 is 29.5. The maximum absolute atomic E-state index is 13.6. The molecule has 1 aliphatic rings. The molecular formula is C25H34F2N+. The Kier molecular flexibility index (Phi) is 5.19. The van der Waals surface area contributed by atoms with E-state index in [0.29, 0.717) is 12.8 Å². The van der Waals surface area contributed by atoms with Gasteiger partial charge in [0.05, 0.1) is 0 Å². The number of alkyl halides is 2. The van der Waals surface area contributed by atoms with Crippen molar-refractivity contribution in [3.8, 4) is 11.3 Å². The average Bonchev–Trinajstić information content (AvgIpc) is 2.59. The molecule has 3 rings (SSSR count). The second-order valence-corrected chi connectivity index (χ2v) is 10.1. The van der Waals surface area contributed by atoms with Crippen molar-refractivity contribution in [3.05, 3.63) is 52.7 Å². The van der Waals surface area contributed by atoms with Crippen molar-refractivity contribution in [3.63, 3.8) is 0 Å². The van der Waals surface area contributed by atoms with E-state index in [0.717, 1.165) is 0 Å². The smallest absolute Gasteiger partial charge is 0.207 e. The van der Waals surface area contributed by atoms with Crippen LogP contribution < -0.4 is 4.57 Å². The van der Waals surface area contributed by atoms with E-state index < -0.39 is 5.92 Å². The Balaban J connectivity index is 1.97. The molecule has 1 aromatic carbocycles. The molecule has 0 amide bonds. The fourth-order valence-electron chi connectivity index (χ4n) is 4.59. The molecular weight excluding hydrogens is 352 g/mol. The molecule has 1 aromatic heterocycles. The van der Waals surface area contributed by atoms with Gasteiger partial charge in [0, 0.05) is 30.0 Å². The van der Waals surface area contributed by atoms with Crippen molar-refractivity contribution in [2.75, 3.05) is 0 Å². The Morgan fingerprint density at radius 2 is 1.54 bits per heavy atom. The number of rotatable bonds is 2. The van der Waals surface area contributed by atoms with Crippen LogP contribution in [0.4, 0.5) is 8.78 Å². The van der Waals surface area contributed by atoms with E-state index in [4.69, 9.17) is 0 Å². The predicted molar refractivity (Wildman–Crippen MR) is 112 cm³/mol. The third kappa shape index (κ3) is 3.99. The summed E-state index contributed by atoms with van der Waals surface area (Å²) in [4.78, 5) is 0. The number of hydrogen-bond acceptors (Lipinski definition) is 0. The third-order valence-electron chi connectivity index (χ3n) is 6.57. The minimum Gasteiger partial charge on any atom is -0.207 e. The van der Waals surface area contributed by atoms with Gasteiger partial charge in [-0.25, -0.2) is 13.3 Å². The van der Waals surface area contributed by atoms with Crippen molar-refractivity contribution in [1.82, 2.24) is 0 Å². The molecule has 1 heterocycles. The molecule has 0 atom stereocenters. The summed E-state index contributed by atoms with van der Waals surface area (Å²) in [5, 5.41) is 0. The molecule has 0 spiro atoms. The molecule has 0 aliphatic heterocycles. The number of hydrogen-bond donors (Lipinski definition) is 0. The summed E-state index contributed by atoms with van der Waals surface area (Å²) in [6, 6.07) is 8.81. The Morgan fingerprint density at radius 1 is 0.929 bits per heavy atom. The predicted octanol–water partition coefficient (Wildman–Crippen LogP) is 6.56. The summed E-state index contributed by atoms with van der Waals surface area (Å²) in [5.41, 5.74) is 7.39. The van der Waals surface area contributed by atoms with Crippen LogP contribution in [0, 0.1) is 13.8 Å². The minimum absolute atomic E-state index is 0.00722. The van der Waals surface area contributed by atoms with E-state index in [2.05, 4.69) is 83.6 Å². The SMILES string of the molecule is Cc1cc(C2(C)CCC(F)(F)CC2)ccc1-c1cc(C)c(C(C)(C)C)c[n+]1C. The zero-order valence-electron chi connectivity index (χ0n) is 18.4. The van der Waals surface area contributed by atoms with Gasteiger partial charge in [-0.1, -0.05) is 39.8 Å². The minimum atomic E-state index is -2.49. The zero-order chi connectivity index (χ0) is 20.9. The van der Waals surface area contributed by atoms with Gasteiger partial charge in [0.2, 0.25) is 11.6 Å². The van der Waals surface area contributed by atoms with Gasteiger partial charge in [-0.15, -0.1) is 0 Å². The topological polar surface area (TPSA) is 3.88 Å². The summed E-state index contributed by atoms with van der Waals surface area (Å²) in [6.45, 7) is 13.2. The molecule has 1 aliphatic carbocycles. The first-order valence-corrected chi connectivity index (χ1v) is 10.3. The van der Waals surface area contributed by atoms with Crippen LogP contribution in [0.3, 0.4) is 0 Å². The summed E-state index contributed by atoms with van der Waals surface area (Å²) in [5.74, 6) is -2.49. The first-order chi connectivity index (χ1) is 12.8. The lowest BCUT2D eigenvalue weighted by Crippen LogP contribution is -2.35. The summed E-state index contributed by atoms with van der Waals surface area (Å²) in [6.07, 6.45) is 3.32. The Morgan fingerprint density at radius 3 is 2.07 bits per heavy atom. The lowest BCUT2D eigenvalue weighted by molar-refractivity contribution is -0.661. The van der Waals surface area contributed by atoms with Gasteiger partial charge in [-0.05, 0) is 60.3 Å². The lowest BCUT2D eigenvalue weighted by atomic mass is 9.69. The number of halogens is 2. The van der Waals surface area contributed by atoms with Gasteiger partial charge in [-0.2, -0.15) is 0 Å². The van der Waals surface area contributed by atoms with Gasteiger partial charge < -0.3 is 0 Å². The molecule has 1 fully saturated rings. The molecule has 2 aromatic rings. The van der Waals surface area contributed by atoms with Gasteiger partial charge in [0.1, 0.15) is 7.05 Å². The van der Waals surface area contributed by atoms with E-state index >= 15 is 0 Å². The Hall–Kier alpha value is -1.77. The van der Waals surface area contributed by atoms with Crippen molar-refractivity contribution < 1.29 is 13.3 Å². The van der Waals surface area contributed by atoms with Crippen LogP contribution in [-0.4, -0.2) is 5.92 Å².